The molecule has 2 atom stereocenters. The van der Waals surface area contributed by atoms with Gasteiger partial charge in [-0.05, 0) is 44.4 Å². The minimum atomic E-state index is 0.713. The number of likely N-dealkylation sites (tertiary alicyclic amines) is 1. The van der Waals surface area contributed by atoms with Crippen LogP contribution in [0.15, 0.2) is 0 Å². The van der Waals surface area contributed by atoms with E-state index in [2.05, 4.69) is 30.6 Å². The van der Waals surface area contributed by atoms with E-state index in [1.165, 1.54) is 45.7 Å². The Hall–Kier alpha value is -0.120. The van der Waals surface area contributed by atoms with Crippen LogP contribution in [0.5, 0.6) is 0 Å². The van der Waals surface area contributed by atoms with Crippen LogP contribution in [0.3, 0.4) is 0 Å². The van der Waals surface area contributed by atoms with Gasteiger partial charge in [-0.25, -0.2) is 0 Å². The van der Waals surface area contributed by atoms with Gasteiger partial charge in [0, 0.05) is 19.6 Å². The van der Waals surface area contributed by atoms with E-state index in [-0.39, 0.29) is 0 Å². The molecule has 0 aliphatic carbocycles. The van der Waals surface area contributed by atoms with Crippen molar-refractivity contribution in [3.8, 4) is 0 Å². The van der Waals surface area contributed by atoms with Crippen molar-refractivity contribution in [2.75, 3.05) is 45.8 Å². The molecule has 3 heteroatoms. The standard InChI is InChI=1S/C13H29N3/c1-4-15(5-2)8-9-16-7-6-12(3)13(10-14)11-16/h12-13H,4-11,14H2,1-3H3. The fraction of sp³-hybridized carbons (Fsp3) is 1.00. The first-order valence-corrected chi connectivity index (χ1v) is 6.86. The second-order valence-corrected chi connectivity index (χ2v) is 5.09. The Morgan fingerprint density at radius 3 is 2.56 bits per heavy atom. The fourth-order valence-corrected chi connectivity index (χ4v) is 2.56. The number of hydrogen-bond donors (Lipinski definition) is 1. The van der Waals surface area contributed by atoms with Gasteiger partial charge in [0.05, 0.1) is 0 Å². The molecular formula is C13H29N3. The molecule has 0 aromatic rings. The highest BCUT2D eigenvalue weighted by Gasteiger charge is 2.24. The molecule has 2 N–H and O–H groups in total. The molecule has 2 unspecified atom stereocenters. The van der Waals surface area contributed by atoms with Crippen LogP contribution in [-0.2, 0) is 0 Å². The third kappa shape index (κ3) is 4.04. The second-order valence-electron chi connectivity index (χ2n) is 5.09. The molecule has 1 heterocycles. The maximum absolute atomic E-state index is 5.83. The number of nitrogens with two attached hydrogens (primary N) is 1. The highest BCUT2D eigenvalue weighted by atomic mass is 15.2. The zero-order chi connectivity index (χ0) is 12.0. The van der Waals surface area contributed by atoms with E-state index in [0.29, 0.717) is 5.92 Å². The van der Waals surface area contributed by atoms with Crippen molar-refractivity contribution < 1.29 is 0 Å². The van der Waals surface area contributed by atoms with Crippen LogP contribution in [-0.4, -0.2) is 55.6 Å². The molecule has 0 saturated carbocycles. The van der Waals surface area contributed by atoms with E-state index < -0.39 is 0 Å². The van der Waals surface area contributed by atoms with Crippen molar-refractivity contribution in [1.29, 1.82) is 0 Å². The Morgan fingerprint density at radius 2 is 2.00 bits per heavy atom. The van der Waals surface area contributed by atoms with E-state index in [0.717, 1.165) is 12.5 Å². The zero-order valence-electron chi connectivity index (χ0n) is 11.3. The molecule has 1 rings (SSSR count). The number of nitrogens with zero attached hydrogens (tertiary/aromatic N) is 2. The summed E-state index contributed by atoms with van der Waals surface area (Å²) in [5, 5.41) is 0. The van der Waals surface area contributed by atoms with Gasteiger partial charge in [0.15, 0.2) is 0 Å². The average Bonchev–Trinajstić information content (AvgIpc) is 2.32. The van der Waals surface area contributed by atoms with Gasteiger partial charge in [0.1, 0.15) is 0 Å². The lowest BCUT2D eigenvalue weighted by molar-refractivity contribution is 0.118. The quantitative estimate of drug-likeness (QED) is 0.741. The smallest absolute Gasteiger partial charge is 0.0109 e. The fourth-order valence-electron chi connectivity index (χ4n) is 2.56. The molecule has 1 fully saturated rings. The maximum Gasteiger partial charge on any atom is 0.0109 e. The number of rotatable bonds is 6. The molecule has 0 amide bonds. The zero-order valence-corrected chi connectivity index (χ0v) is 11.3. The first kappa shape index (κ1) is 13.9. The lowest BCUT2D eigenvalue weighted by Gasteiger charge is -2.37. The highest BCUT2D eigenvalue weighted by molar-refractivity contribution is 4.79. The lowest BCUT2D eigenvalue weighted by Crippen LogP contribution is -2.45. The summed E-state index contributed by atoms with van der Waals surface area (Å²) < 4.78 is 0. The number of piperidine rings is 1. The molecule has 1 aliphatic heterocycles. The molecular weight excluding hydrogens is 198 g/mol. The van der Waals surface area contributed by atoms with Crippen LogP contribution in [0.4, 0.5) is 0 Å². The first-order valence-electron chi connectivity index (χ1n) is 6.86. The Labute approximate surface area is 101 Å². The van der Waals surface area contributed by atoms with E-state index in [1.807, 2.05) is 0 Å². The number of hydrogen-bond acceptors (Lipinski definition) is 3. The Morgan fingerprint density at radius 1 is 1.31 bits per heavy atom. The SMILES string of the molecule is CCN(CC)CCN1CCC(C)C(CN)C1. The van der Waals surface area contributed by atoms with Gasteiger partial charge in [-0.2, -0.15) is 0 Å². The second kappa shape index (κ2) is 7.25. The predicted molar refractivity (Wildman–Crippen MR) is 70.6 cm³/mol. The van der Waals surface area contributed by atoms with Gasteiger partial charge in [-0.15, -0.1) is 0 Å². The molecule has 0 aromatic carbocycles. The van der Waals surface area contributed by atoms with Crippen LogP contribution in [0.1, 0.15) is 27.2 Å². The molecule has 0 radical (unpaired) electrons. The van der Waals surface area contributed by atoms with Crippen molar-refractivity contribution in [3.63, 3.8) is 0 Å². The minimum absolute atomic E-state index is 0.713. The normalized spacial score (nSPS) is 27.6. The maximum atomic E-state index is 5.83. The summed E-state index contributed by atoms with van der Waals surface area (Å²) in [6.45, 7) is 14.9. The highest BCUT2D eigenvalue weighted by Crippen LogP contribution is 2.21. The predicted octanol–water partition coefficient (Wildman–Crippen LogP) is 1.24. The van der Waals surface area contributed by atoms with Gasteiger partial charge in [-0.1, -0.05) is 20.8 Å². The molecule has 16 heavy (non-hydrogen) atoms. The van der Waals surface area contributed by atoms with Crippen LogP contribution in [0.25, 0.3) is 0 Å². The minimum Gasteiger partial charge on any atom is -0.330 e. The third-order valence-corrected chi connectivity index (χ3v) is 4.13. The van der Waals surface area contributed by atoms with Gasteiger partial charge in [0.2, 0.25) is 0 Å². The van der Waals surface area contributed by atoms with Crippen LogP contribution < -0.4 is 5.73 Å². The first-order chi connectivity index (χ1) is 7.71. The molecule has 1 saturated heterocycles. The van der Waals surface area contributed by atoms with E-state index in [4.69, 9.17) is 5.73 Å². The molecule has 0 spiro atoms. The largest absolute Gasteiger partial charge is 0.330 e. The van der Waals surface area contributed by atoms with Crippen LogP contribution >= 0.6 is 0 Å². The monoisotopic (exact) mass is 227 g/mol. The van der Waals surface area contributed by atoms with Crippen molar-refractivity contribution in [3.05, 3.63) is 0 Å². The van der Waals surface area contributed by atoms with Crippen LogP contribution in [0.2, 0.25) is 0 Å². The van der Waals surface area contributed by atoms with Crippen molar-refractivity contribution >= 4 is 0 Å². The molecule has 1 aliphatic rings. The molecule has 96 valence electrons. The summed E-state index contributed by atoms with van der Waals surface area (Å²) in [6, 6.07) is 0. The summed E-state index contributed by atoms with van der Waals surface area (Å²) in [5.41, 5.74) is 5.83. The van der Waals surface area contributed by atoms with E-state index in [1.54, 1.807) is 0 Å². The summed E-state index contributed by atoms with van der Waals surface area (Å²) in [6.07, 6.45) is 1.32. The number of likely N-dealkylation sites (N-methyl/N-ethyl adjacent to an activating group) is 1. The van der Waals surface area contributed by atoms with Crippen molar-refractivity contribution in [2.24, 2.45) is 17.6 Å². The summed E-state index contributed by atoms with van der Waals surface area (Å²) in [4.78, 5) is 5.09. The Balaban J connectivity index is 2.27. The van der Waals surface area contributed by atoms with Crippen LogP contribution in [0, 0.1) is 11.8 Å². The summed E-state index contributed by atoms with van der Waals surface area (Å²) in [7, 11) is 0. The third-order valence-electron chi connectivity index (χ3n) is 4.13. The lowest BCUT2D eigenvalue weighted by atomic mass is 9.87. The van der Waals surface area contributed by atoms with Crippen molar-refractivity contribution in [2.45, 2.75) is 27.2 Å². The Bertz CT molecular complexity index is 180. The molecule has 0 aromatic heterocycles. The Kier molecular flexibility index (Phi) is 6.32. The van der Waals surface area contributed by atoms with E-state index >= 15 is 0 Å². The van der Waals surface area contributed by atoms with Gasteiger partial charge in [0.25, 0.3) is 0 Å². The van der Waals surface area contributed by atoms with Gasteiger partial charge in [-0.3, -0.25) is 0 Å². The summed E-state index contributed by atoms with van der Waals surface area (Å²) in [5.74, 6) is 1.53. The van der Waals surface area contributed by atoms with Gasteiger partial charge >= 0.3 is 0 Å². The molecule has 3 nitrogen and oxygen atoms in total. The van der Waals surface area contributed by atoms with Crippen molar-refractivity contribution in [1.82, 2.24) is 9.80 Å². The average molecular weight is 227 g/mol. The summed E-state index contributed by atoms with van der Waals surface area (Å²) >= 11 is 0. The van der Waals surface area contributed by atoms with Gasteiger partial charge < -0.3 is 15.5 Å². The van der Waals surface area contributed by atoms with E-state index in [9.17, 15) is 0 Å². The molecule has 0 bridgehead atoms. The topological polar surface area (TPSA) is 32.5 Å².